The number of nitrogens with one attached hydrogen (secondary N) is 1. The van der Waals surface area contributed by atoms with E-state index in [2.05, 4.69) is 22.3 Å². The first-order valence-electron chi connectivity index (χ1n) is 11.2. The van der Waals surface area contributed by atoms with Crippen molar-refractivity contribution in [2.45, 2.75) is 56.1 Å². The van der Waals surface area contributed by atoms with Gasteiger partial charge in [-0.1, -0.05) is 30.7 Å². The number of likely N-dealkylation sites (tertiary alicyclic amines) is 1. The van der Waals surface area contributed by atoms with Crippen molar-refractivity contribution in [3.05, 3.63) is 64.7 Å². The summed E-state index contributed by atoms with van der Waals surface area (Å²) in [7, 11) is -3.87. The van der Waals surface area contributed by atoms with E-state index in [0.29, 0.717) is 19.4 Å². The van der Waals surface area contributed by atoms with Crippen molar-refractivity contribution < 1.29 is 18.0 Å². The molecule has 2 aliphatic heterocycles. The summed E-state index contributed by atoms with van der Waals surface area (Å²) in [6.07, 6.45) is 5.24. The minimum atomic E-state index is -3.87. The lowest BCUT2D eigenvalue weighted by molar-refractivity contribution is 0.0863. The number of amides is 2. The molecule has 168 valence electrons. The van der Waals surface area contributed by atoms with Gasteiger partial charge in [0.2, 0.25) is 0 Å². The summed E-state index contributed by atoms with van der Waals surface area (Å²) in [4.78, 5) is 27.5. The summed E-state index contributed by atoms with van der Waals surface area (Å²) in [5.74, 6) is -0.850. The Hall–Kier alpha value is -2.71. The first-order valence-corrected chi connectivity index (χ1v) is 12.7. The van der Waals surface area contributed by atoms with Gasteiger partial charge in [0.15, 0.2) is 0 Å². The first kappa shape index (κ1) is 21.2. The summed E-state index contributed by atoms with van der Waals surface area (Å²) in [6.45, 7) is 3.60. The van der Waals surface area contributed by atoms with E-state index in [1.165, 1.54) is 43.0 Å². The topological polar surface area (TPSA) is 86.8 Å². The van der Waals surface area contributed by atoms with Crippen molar-refractivity contribution >= 4 is 21.8 Å². The zero-order valence-corrected chi connectivity index (χ0v) is 18.7. The zero-order valence-electron chi connectivity index (χ0n) is 17.9. The van der Waals surface area contributed by atoms with E-state index in [1.807, 2.05) is 12.1 Å². The summed E-state index contributed by atoms with van der Waals surface area (Å²) in [5.41, 5.74) is 2.62. The first-order chi connectivity index (χ1) is 15.4. The number of piperidine rings is 1. The van der Waals surface area contributed by atoms with Gasteiger partial charge in [0.05, 0.1) is 5.56 Å². The van der Waals surface area contributed by atoms with Crippen LogP contribution < -0.4 is 5.32 Å². The highest BCUT2D eigenvalue weighted by atomic mass is 32.2. The van der Waals surface area contributed by atoms with Crippen molar-refractivity contribution in [2.24, 2.45) is 0 Å². The molecule has 2 heterocycles. The molecule has 0 spiro atoms. The standard InChI is InChI=1S/C24H27N3O4S/c28-23(25-15-17-4-6-18(7-5-17)16-26-12-2-1-3-13-26)19-8-11-21-22(14-19)32(30,31)27(24(21)29)20-9-10-20/h4-8,11,14,20H,1-3,9-10,12-13,15-16H2,(H,25,28). The molecule has 0 atom stereocenters. The van der Waals surface area contributed by atoms with E-state index in [9.17, 15) is 18.0 Å². The molecule has 2 amide bonds. The Balaban J connectivity index is 1.23. The van der Waals surface area contributed by atoms with Crippen LogP contribution in [0.1, 0.15) is 63.9 Å². The van der Waals surface area contributed by atoms with E-state index < -0.39 is 15.9 Å². The molecule has 1 saturated heterocycles. The number of sulfonamides is 1. The molecule has 0 aromatic heterocycles. The van der Waals surface area contributed by atoms with Crippen molar-refractivity contribution in [3.8, 4) is 0 Å². The Kier molecular flexibility index (Phi) is 5.51. The SMILES string of the molecule is O=C(NCc1ccc(CN2CCCCC2)cc1)c1ccc2c(c1)S(=O)(=O)N(C1CC1)C2=O. The summed E-state index contributed by atoms with van der Waals surface area (Å²) in [5, 5.41) is 2.85. The Bertz CT molecular complexity index is 1150. The summed E-state index contributed by atoms with van der Waals surface area (Å²) >= 11 is 0. The molecule has 2 aromatic carbocycles. The molecule has 2 aromatic rings. The number of rotatable bonds is 6. The molecule has 5 rings (SSSR count). The predicted octanol–water partition coefficient (Wildman–Crippen LogP) is 2.91. The number of carbonyl (C=O) groups is 2. The molecule has 3 aliphatic rings. The molecule has 2 fully saturated rings. The van der Waals surface area contributed by atoms with Gasteiger partial charge >= 0.3 is 0 Å². The average molecular weight is 454 g/mol. The van der Waals surface area contributed by atoms with Gasteiger partial charge in [-0.05, 0) is 68.1 Å². The van der Waals surface area contributed by atoms with E-state index in [1.54, 1.807) is 0 Å². The molecule has 1 saturated carbocycles. The third kappa shape index (κ3) is 4.04. The average Bonchev–Trinajstić information content (AvgIpc) is 3.60. The number of hydrogen-bond donors (Lipinski definition) is 1. The second-order valence-corrected chi connectivity index (χ2v) is 10.7. The van der Waals surface area contributed by atoms with Crippen LogP contribution in [-0.2, 0) is 23.1 Å². The van der Waals surface area contributed by atoms with Gasteiger partial charge in [-0.25, -0.2) is 12.7 Å². The number of carbonyl (C=O) groups excluding carboxylic acids is 2. The third-order valence-electron chi connectivity index (χ3n) is 6.42. The van der Waals surface area contributed by atoms with Crippen molar-refractivity contribution in [3.63, 3.8) is 0 Å². The predicted molar refractivity (Wildman–Crippen MR) is 120 cm³/mol. The minimum absolute atomic E-state index is 0.0656. The highest BCUT2D eigenvalue weighted by molar-refractivity contribution is 7.90. The Morgan fingerprint density at radius 2 is 1.66 bits per heavy atom. The Morgan fingerprint density at radius 3 is 2.34 bits per heavy atom. The van der Waals surface area contributed by atoms with Gasteiger partial charge in [-0.2, -0.15) is 0 Å². The molecule has 1 N–H and O–H groups in total. The van der Waals surface area contributed by atoms with Gasteiger partial charge in [0.1, 0.15) is 4.90 Å². The van der Waals surface area contributed by atoms with Crippen LogP contribution in [0.5, 0.6) is 0 Å². The maximum atomic E-state index is 12.8. The lowest BCUT2D eigenvalue weighted by atomic mass is 10.1. The number of benzene rings is 2. The molecule has 7 nitrogen and oxygen atoms in total. The van der Waals surface area contributed by atoms with Crippen LogP contribution in [0.2, 0.25) is 0 Å². The third-order valence-corrected chi connectivity index (χ3v) is 8.30. The lowest BCUT2D eigenvalue weighted by Crippen LogP contribution is -2.32. The lowest BCUT2D eigenvalue weighted by Gasteiger charge is -2.26. The number of fused-ring (bicyclic) bond motifs is 1. The van der Waals surface area contributed by atoms with Crippen molar-refractivity contribution in [2.75, 3.05) is 13.1 Å². The number of nitrogens with zero attached hydrogens (tertiary/aromatic N) is 2. The fourth-order valence-electron chi connectivity index (χ4n) is 4.48. The molecule has 1 aliphatic carbocycles. The highest BCUT2D eigenvalue weighted by Gasteiger charge is 2.48. The van der Waals surface area contributed by atoms with Crippen molar-refractivity contribution in [1.29, 1.82) is 0 Å². The monoisotopic (exact) mass is 453 g/mol. The Morgan fingerprint density at radius 1 is 0.969 bits per heavy atom. The maximum absolute atomic E-state index is 12.8. The van der Waals surface area contributed by atoms with Gasteiger partial charge in [-0.3, -0.25) is 14.5 Å². The zero-order chi connectivity index (χ0) is 22.3. The van der Waals surface area contributed by atoms with Crippen LogP contribution in [-0.4, -0.2) is 48.6 Å². The van der Waals surface area contributed by atoms with Gasteiger partial charge in [0, 0.05) is 24.7 Å². The van der Waals surface area contributed by atoms with E-state index in [4.69, 9.17) is 0 Å². The fourth-order valence-corrected chi connectivity index (χ4v) is 6.32. The molecular weight excluding hydrogens is 426 g/mol. The highest BCUT2D eigenvalue weighted by Crippen LogP contribution is 2.39. The smallest absolute Gasteiger partial charge is 0.269 e. The van der Waals surface area contributed by atoms with Crippen LogP contribution in [0.4, 0.5) is 0 Å². The Labute approximate surface area is 188 Å². The minimum Gasteiger partial charge on any atom is -0.348 e. The summed E-state index contributed by atoms with van der Waals surface area (Å²) < 4.78 is 26.5. The van der Waals surface area contributed by atoms with Crippen LogP contribution in [0.3, 0.4) is 0 Å². The largest absolute Gasteiger partial charge is 0.348 e. The summed E-state index contributed by atoms with van der Waals surface area (Å²) in [6, 6.07) is 12.3. The molecular formula is C24H27N3O4S. The second-order valence-electron chi connectivity index (χ2n) is 8.88. The van der Waals surface area contributed by atoms with Crippen LogP contribution in [0.25, 0.3) is 0 Å². The van der Waals surface area contributed by atoms with E-state index >= 15 is 0 Å². The van der Waals surface area contributed by atoms with Gasteiger partial charge in [0.25, 0.3) is 21.8 Å². The maximum Gasteiger partial charge on any atom is 0.269 e. The molecule has 8 heteroatoms. The number of hydrogen-bond acceptors (Lipinski definition) is 5. The quantitative estimate of drug-likeness (QED) is 0.727. The van der Waals surface area contributed by atoms with Gasteiger partial charge in [-0.15, -0.1) is 0 Å². The fraction of sp³-hybridized carbons (Fsp3) is 0.417. The van der Waals surface area contributed by atoms with E-state index in [0.717, 1.165) is 29.5 Å². The van der Waals surface area contributed by atoms with Crippen LogP contribution >= 0.6 is 0 Å². The second kappa shape index (κ2) is 8.33. The van der Waals surface area contributed by atoms with Crippen molar-refractivity contribution in [1.82, 2.24) is 14.5 Å². The van der Waals surface area contributed by atoms with Crippen LogP contribution in [0.15, 0.2) is 47.4 Å². The normalized spacial score (nSPS) is 20.2. The molecule has 0 unspecified atom stereocenters. The van der Waals surface area contributed by atoms with Crippen LogP contribution in [0, 0.1) is 0 Å². The molecule has 0 bridgehead atoms. The molecule has 0 radical (unpaired) electrons. The molecule has 32 heavy (non-hydrogen) atoms. The van der Waals surface area contributed by atoms with E-state index in [-0.39, 0.29) is 28.0 Å². The van der Waals surface area contributed by atoms with Gasteiger partial charge < -0.3 is 5.32 Å².